The first-order valence-electron chi connectivity index (χ1n) is 8.77. The number of fused-ring (bicyclic) bond motifs is 1. The Balaban J connectivity index is 1.80. The van der Waals surface area contributed by atoms with Crippen LogP contribution < -0.4 is 0 Å². The molecular formula is C19H21N3O3. The summed E-state index contributed by atoms with van der Waals surface area (Å²) >= 11 is 0. The van der Waals surface area contributed by atoms with Crippen molar-refractivity contribution in [3.8, 4) is 11.5 Å². The molecule has 0 N–H and O–H groups in total. The summed E-state index contributed by atoms with van der Waals surface area (Å²) in [6.07, 6.45) is 4.94. The van der Waals surface area contributed by atoms with Crippen LogP contribution in [0.5, 0.6) is 0 Å². The van der Waals surface area contributed by atoms with Crippen molar-refractivity contribution in [2.24, 2.45) is 5.92 Å². The first-order chi connectivity index (χ1) is 12.2. The molecule has 130 valence electrons. The second kappa shape index (κ2) is 6.35. The molecule has 1 aliphatic carbocycles. The van der Waals surface area contributed by atoms with Crippen LogP contribution in [0.3, 0.4) is 0 Å². The van der Waals surface area contributed by atoms with Gasteiger partial charge in [0.05, 0.1) is 22.9 Å². The molecule has 0 spiro atoms. The predicted molar refractivity (Wildman–Crippen MR) is 93.2 cm³/mol. The number of amides is 1. The van der Waals surface area contributed by atoms with E-state index in [1.807, 2.05) is 17.9 Å². The lowest BCUT2D eigenvalue weighted by atomic mass is 10.1. The Bertz CT molecular complexity index is 894. The van der Waals surface area contributed by atoms with Crippen molar-refractivity contribution in [1.29, 1.82) is 0 Å². The summed E-state index contributed by atoms with van der Waals surface area (Å²) in [5.74, 6) is 1.26. The summed E-state index contributed by atoms with van der Waals surface area (Å²) in [5.41, 5.74) is 2.22. The fourth-order valence-corrected chi connectivity index (χ4v) is 3.14. The first kappa shape index (κ1) is 15.9. The normalized spacial score (nSPS) is 14.2. The van der Waals surface area contributed by atoms with Gasteiger partial charge in [-0.15, -0.1) is 0 Å². The number of pyridine rings is 1. The zero-order valence-corrected chi connectivity index (χ0v) is 14.5. The van der Waals surface area contributed by atoms with Gasteiger partial charge in [0.15, 0.2) is 5.76 Å². The molecule has 4 rings (SSSR count). The summed E-state index contributed by atoms with van der Waals surface area (Å²) in [7, 11) is 0. The van der Waals surface area contributed by atoms with Crippen LogP contribution in [-0.4, -0.2) is 34.0 Å². The van der Waals surface area contributed by atoms with E-state index in [2.05, 4.69) is 17.1 Å². The van der Waals surface area contributed by atoms with Gasteiger partial charge in [-0.3, -0.25) is 4.79 Å². The minimum absolute atomic E-state index is 0.0141. The molecule has 25 heavy (non-hydrogen) atoms. The number of aromatic nitrogens is 2. The van der Waals surface area contributed by atoms with Gasteiger partial charge in [-0.2, -0.15) is 0 Å². The molecule has 3 aromatic heterocycles. The molecule has 3 aromatic rings. The van der Waals surface area contributed by atoms with Crippen molar-refractivity contribution in [3.63, 3.8) is 0 Å². The summed E-state index contributed by atoms with van der Waals surface area (Å²) < 4.78 is 10.8. The van der Waals surface area contributed by atoms with Crippen LogP contribution in [0, 0.1) is 12.8 Å². The Labute approximate surface area is 145 Å². The van der Waals surface area contributed by atoms with Gasteiger partial charge in [0, 0.05) is 13.1 Å². The number of carbonyl (C=O) groups excluding carboxylic acids is 1. The van der Waals surface area contributed by atoms with Gasteiger partial charge >= 0.3 is 0 Å². The van der Waals surface area contributed by atoms with Crippen LogP contribution in [0.4, 0.5) is 0 Å². The van der Waals surface area contributed by atoms with E-state index in [4.69, 9.17) is 8.94 Å². The Hall–Kier alpha value is -2.63. The van der Waals surface area contributed by atoms with Crippen molar-refractivity contribution in [3.05, 3.63) is 35.7 Å². The highest BCUT2D eigenvalue weighted by atomic mass is 16.5. The molecule has 1 saturated carbocycles. The maximum absolute atomic E-state index is 13.3. The second-order valence-electron chi connectivity index (χ2n) is 6.68. The van der Waals surface area contributed by atoms with Gasteiger partial charge < -0.3 is 13.8 Å². The predicted octanol–water partition coefficient (Wildman–Crippen LogP) is 4.05. The number of nitrogens with zero attached hydrogens (tertiary/aromatic N) is 3. The topological polar surface area (TPSA) is 72.4 Å². The average molecular weight is 339 g/mol. The number of carbonyl (C=O) groups is 1. The Morgan fingerprint density at radius 2 is 2.24 bits per heavy atom. The van der Waals surface area contributed by atoms with E-state index < -0.39 is 0 Å². The lowest BCUT2D eigenvalue weighted by Crippen LogP contribution is -2.33. The van der Waals surface area contributed by atoms with Gasteiger partial charge in [-0.05, 0) is 50.3 Å². The number of furan rings is 1. The van der Waals surface area contributed by atoms with E-state index in [0.717, 1.165) is 19.5 Å². The Morgan fingerprint density at radius 3 is 2.92 bits per heavy atom. The molecule has 0 atom stereocenters. The fourth-order valence-electron chi connectivity index (χ4n) is 3.14. The van der Waals surface area contributed by atoms with Crippen molar-refractivity contribution < 1.29 is 13.7 Å². The molecule has 1 aliphatic rings. The van der Waals surface area contributed by atoms with Gasteiger partial charge in [-0.1, -0.05) is 12.1 Å². The molecule has 0 aliphatic heterocycles. The molecule has 0 bridgehead atoms. The monoisotopic (exact) mass is 339 g/mol. The highest BCUT2D eigenvalue weighted by Crippen LogP contribution is 2.32. The molecule has 3 heterocycles. The molecule has 6 heteroatoms. The first-order valence-corrected chi connectivity index (χ1v) is 8.77. The average Bonchev–Trinajstić information content (AvgIpc) is 3.11. The molecule has 0 aromatic carbocycles. The zero-order chi connectivity index (χ0) is 17.4. The van der Waals surface area contributed by atoms with E-state index in [9.17, 15) is 4.79 Å². The van der Waals surface area contributed by atoms with Crippen LogP contribution in [0.25, 0.3) is 22.6 Å². The van der Waals surface area contributed by atoms with Gasteiger partial charge in [0.1, 0.15) is 5.69 Å². The van der Waals surface area contributed by atoms with E-state index in [1.165, 1.54) is 12.8 Å². The molecule has 1 fully saturated rings. The largest absolute Gasteiger partial charge is 0.463 e. The van der Waals surface area contributed by atoms with Crippen LogP contribution in [-0.2, 0) is 0 Å². The second-order valence-corrected chi connectivity index (χ2v) is 6.68. The van der Waals surface area contributed by atoms with Crippen molar-refractivity contribution in [2.45, 2.75) is 33.1 Å². The summed E-state index contributed by atoms with van der Waals surface area (Å²) in [5, 5.41) is 4.69. The molecule has 0 saturated heterocycles. The number of aryl methyl sites for hydroxylation is 1. The maximum Gasteiger partial charge on any atom is 0.259 e. The lowest BCUT2D eigenvalue weighted by Gasteiger charge is -2.22. The molecular weight excluding hydrogens is 318 g/mol. The molecule has 6 nitrogen and oxygen atoms in total. The number of rotatable bonds is 6. The Kier molecular flexibility index (Phi) is 4.03. The van der Waals surface area contributed by atoms with Gasteiger partial charge in [0.25, 0.3) is 11.6 Å². The maximum atomic E-state index is 13.3. The standard InChI is InChI=1S/C19H21N3O3/c1-3-8-22(11-13-6-7-13)19(23)14-10-15(16-5-4-9-24-16)20-18-17(14)12(2)21-25-18/h4-5,9-10,13H,3,6-8,11H2,1-2H3. The van der Waals surface area contributed by atoms with Crippen molar-refractivity contribution in [1.82, 2.24) is 15.0 Å². The van der Waals surface area contributed by atoms with Crippen LogP contribution in [0.2, 0.25) is 0 Å². The van der Waals surface area contributed by atoms with E-state index in [1.54, 1.807) is 18.4 Å². The van der Waals surface area contributed by atoms with E-state index in [0.29, 0.717) is 39.7 Å². The third-order valence-electron chi connectivity index (χ3n) is 4.58. The molecule has 1 amide bonds. The van der Waals surface area contributed by atoms with Crippen LogP contribution >= 0.6 is 0 Å². The smallest absolute Gasteiger partial charge is 0.259 e. The number of hydrogen-bond acceptors (Lipinski definition) is 5. The highest BCUT2D eigenvalue weighted by Gasteiger charge is 2.29. The minimum atomic E-state index is 0.0141. The third-order valence-corrected chi connectivity index (χ3v) is 4.58. The van der Waals surface area contributed by atoms with Crippen LogP contribution in [0.1, 0.15) is 42.2 Å². The Morgan fingerprint density at radius 1 is 1.40 bits per heavy atom. The third kappa shape index (κ3) is 3.04. The summed E-state index contributed by atoms with van der Waals surface area (Å²) in [6, 6.07) is 5.41. The fraction of sp³-hybridized carbons (Fsp3) is 0.421. The minimum Gasteiger partial charge on any atom is -0.463 e. The lowest BCUT2D eigenvalue weighted by molar-refractivity contribution is 0.0749. The van der Waals surface area contributed by atoms with E-state index >= 15 is 0 Å². The van der Waals surface area contributed by atoms with Gasteiger partial charge in [0.2, 0.25) is 0 Å². The zero-order valence-electron chi connectivity index (χ0n) is 14.5. The van der Waals surface area contributed by atoms with Crippen LogP contribution in [0.15, 0.2) is 33.4 Å². The molecule has 0 unspecified atom stereocenters. The van der Waals surface area contributed by atoms with Crippen molar-refractivity contribution in [2.75, 3.05) is 13.1 Å². The summed E-state index contributed by atoms with van der Waals surface area (Å²) in [6.45, 7) is 5.49. The van der Waals surface area contributed by atoms with Gasteiger partial charge in [-0.25, -0.2) is 4.98 Å². The summed E-state index contributed by atoms with van der Waals surface area (Å²) in [4.78, 5) is 19.7. The highest BCUT2D eigenvalue weighted by molar-refractivity contribution is 6.06. The SMILES string of the molecule is CCCN(CC1CC1)C(=O)c1cc(-c2ccco2)nc2onc(C)c12. The van der Waals surface area contributed by atoms with Crippen molar-refractivity contribution >= 4 is 17.0 Å². The quantitative estimate of drug-likeness (QED) is 0.677. The molecule has 0 radical (unpaired) electrons. The number of hydrogen-bond donors (Lipinski definition) is 0. The van der Waals surface area contributed by atoms with E-state index in [-0.39, 0.29) is 5.91 Å².